The number of nitrogens with one attached hydrogen (secondary N) is 1. The van der Waals surface area contributed by atoms with Crippen LogP contribution in [0.4, 0.5) is 10.1 Å². The zero-order valence-corrected chi connectivity index (χ0v) is 15.7. The lowest BCUT2D eigenvalue weighted by Gasteiger charge is -2.32. The second-order valence-electron chi connectivity index (χ2n) is 6.80. The van der Waals surface area contributed by atoms with E-state index >= 15 is 4.39 Å². The summed E-state index contributed by atoms with van der Waals surface area (Å²) in [5.41, 5.74) is -0.339. The number of piperazine rings is 1. The molecule has 1 aromatic heterocycles. The van der Waals surface area contributed by atoms with Crippen molar-refractivity contribution in [2.45, 2.75) is 33.4 Å². The first kappa shape index (κ1) is 19.2. The van der Waals surface area contributed by atoms with Crippen molar-refractivity contribution in [2.24, 2.45) is 0 Å². The first-order valence-corrected chi connectivity index (χ1v) is 9.10. The van der Waals surface area contributed by atoms with E-state index in [9.17, 15) is 14.7 Å². The van der Waals surface area contributed by atoms with E-state index < -0.39 is 17.2 Å². The molecule has 0 amide bonds. The molecule has 2 aromatic rings. The molecule has 0 spiro atoms. The number of carboxylic acids is 1. The molecule has 1 aliphatic rings. The Morgan fingerprint density at radius 3 is 2.59 bits per heavy atom. The largest absolute Gasteiger partial charge is 0.486 e. The van der Waals surface area contributed by atoms with E-state index in [1.807, 2.05) is 25.7 Å². The van der Waals surface area contributed by atoms with E-state index in [1.54, 1.807) is 4.57 Å². The number of fused-ring (bicyclic) bond motifs is 1. The molecule has 0 radical (unpaired) electrons. The lowest BCUT2D eigenvalue weighted by molar-refractivity contribution is 0.0694. The summed E-state index contributed by atoms with van der Waals surface area (Å²) >= 11 is 0. The molecular weight excluding hydrogens is 353 g/mol. The standard InChI is InChI=1S/C19H24FN3O4/c1-4-22-10-13(19(25)26)17(24)12-9-14(20)16(23-7-5-21-6-8-23)18(15(12)22)27-11(2)3/h9-11,21H,4-8H2,1-3H3,(H,25,26). The quantitative estimate of drug-likeness (QED) is 0.830. The van der Waals surface area contributed by atoms with E-state index in [1.165, 1.54) is 6.20 Å². The van der Waals surface area contributed by atoms with Crippen LogP contribution in [0.25, 0.3) is 10.9 Å². The van der Waals surface area contributed by atoms with E-state index in [2.05, 4.69) is 5.32 Å². The summed E-state index contributed by atoms with van der Waals surface area (Å²) in [5, 5.41) is 12.6. The van der Waals surface area contributed by atoms with Crippen LogP contribution in [0.1, 0.15) is 31.1 Å². The highest BCUT2D eigenvalue weighted by Crippen LogP contribution is 2.39. The number of ether oxygens (including phenoxy) is 1. The molecule has 1 fully saturated rings. The highest BCUT2D eigenvalue weighted by Gasteiger charge is 2.27. The molecule has 1 saturated heterocycles. The van der Waals surface area contributed by atoms with Crippen molar-refractivity contribution in [3.63, 3.8) is 0 Å². The van der Waals surface area contributed by atoms with Gasteiger partial charge in [-0.1, -0.05) is 0 Å². The Hall–Kier alpha value is -2.61. The molecule has 3 rings (SSSR count). The third kappa shape index (κ3) is 3.49. The van der Waals surface area contributed by atoms with Crippen LogP contribution >= 0.6 is 0 Å². The summed E-state index contributed by atoms with van der Waals surface area (Å²) in [4.78, 5) is 26.0. The number of halogens is 1. The summed E-state index contributed by atoms with van der Waals surface area (Å²) in [7, 11) is 0. The van der Waals surface area contributed by atoms with Crippen molar-refractivity contribution in [1.82, 2.24) is 9.88 Å². The fourth-order valence-electron chi connectivity index (χ4n) is 3.42. The van der Waals surface area contributed by atoms with Gasteiger partial charge in [0.1, 0.15) is 11.3 Å². The van der Waals surface area contributed by atoms with Crippen molar-refractivity contribution in [1.29, 1.82) is 0 Å². The van der Waals surface area contributed by atoms with Crippen LogP contribution in [0.3, 0.4) is 0 Å². The molecule has 0 bridgehead atoms. The van der Waals surface area contributed by atoms with E-state index in [0.29, 0.717) is 30.8 Å². The molecule has 146 valence electrons. The van der Waals surface area contributed by atoms with E-state index in [4.69, 9.17) is 4.74 Å². The van der Waals surface area contributed by atoms with Gasteiger partial charge in [-0.2, -0.15) is 0 Å². The second-order valence-corrected chi connectivity index (χ2v) is 6.80. The van der Waals surface area contributed by atoms with Crippen molar-refractivity contribution in [2.75, 3.05) is 31.1 Å². The van der Waals surface area contributed by atoms with Gasteiger partial charge in [0.25, 0.3) is 0 Å². The van der Waals surface area contributed by atoms with Crippen LogP contribution in [-0.4, -0.2) is 47.9 Å². The van der Waals surface area contributed by atoms with E-state index in [-0.39, 0.29) is 22.8 Å². The lowest BCUT2D eigenvalue weighted by atomic mass is 10.1. The average molecular weight is 377 g/mol. The molecule has 7 nitrogen and oxygen atoms in total. The minimum absolute atomic E-state index is 0.0174. The number of rotatable bonds is 5. The Morgan fingerprint density at radius 1 is 1.37 bits per heavy atom. The van der Waals surface area contributed by atoms with Crippen molar-refractivity contribution < 1.29 is 19.0 Å². The number of aryl methyl sites for hydroxylation is 1. The molecule has 0 saturated carbocycles. The van der Waals surface area contributed by atoms with Gasteiger partial charge in [0.15, 0.2) is 11.6 Å². The van der Waals surface area contributed by atoms with Gasteiger partial charge >= 0.3 is 5.97 Å². The number of hydrogen-bond donors (Lipinski definition) is 2. The van der Waals surface area contributed by atoms with Crippen LogP contribution in [0.2, 0.25) is 0 Å². The maximum absolute atomic E-state index is 15.1. The van der Waals surface area contributed by atoms with E-state index in [0.717, 1.165) is 19.2 Å². The minimum atomic E-state index is -1.33. The topological polar surface area (TPSA) is 83.8 Å². The van der Waals surface area contributed by atoms with Gasteiger partial charge in [-0.3, -0.25) is 4.79 Å². The number of hydrogen-bond acceptors (Lipinski definition) is 5. The normalized spacial score (nSPS) is 14.8. The van der Waals surface area contributed by atoms with Gasteiger partial charge in [-0.25, -0.2) is 9.18 Å². The minimum Gasteiger partial charge on any atom is -0.486 e. The molecule has 8 heteroatoms. The maximum Gasteiger partial charge on any atom is 0.341 e. The number of aromatic nitrogens is 1. The Labute approximate surface area is 156 Å². The number of pyridine rings is 1. The van der Waals surface area contributed by atoms with Crippen molar-refractivity contribution >= 4 is 22.6 Å². The predicted octanol–water partition coefficient (Wildman–Crippen LogP) is 2.06. The number of aromatic carboxylic acids is 1. The highest BCUT2D eigenvalue weighted by atomic mass is 19.1. The van der Waals surface area contributed by atoms with Gasteiger partial charge in [-0.05, 0) is 26.8 Å². The van der Waals surface area contributed by atoms with Crippen molar-refractivity contribution in [3.05, 3.63) is 33.9 Å². The van der Waals surface area contributed by atoms with Gasteiger partial charge in [-0.15, -0.1) is 0 Å². The van der Waals surface area contributed by atoms with Gasteiger partial charge in [0.05, 0.1) is 17.0 Å². The SMILES string of the molecule is CCn1cc(C(=O)O)c(=O)c2cc(F)c(N3CCNCC3)c(OC(C)C)c21. The Kier molecular flexibility index (Phi) is 5.36. The zero-order chi connectivity index (χ0) is 19.7. The first-order chi connectivity index (χ1) is 12.8. The molecule has 2 heterocycles. The number of nitrogens with zero attached hydrogens (tertiary/aromatic N) is 2. The number of carboxylic acid groups (broad SMARTS) is 1. The number of carbonyl (C=O) groups is 1. The lowest BCUT2D eigenvalue weighted by Crippen LogP contribution is -2.44. The Morgan fingerprint density at radius 2 is 2.04 bits per heavy atom. The predicted molar refractivity (Wildman–Crippen MR) is 102 cm³/mol. The summed E-state index contributed by atoms with van der Waals surface area (Å²) in [6.45, 7) is 8.58. The van der Waals surface area contributed by atoms with Crippen LogP contribution < -0.4 is 20.4 Å². The van der Waals surface area contributed by atoms with Crippen molar-refractivity contribution in [3.8, 4) is 5.75 Å². The maximum atomic E-state index is 15.1. The fraction of sp³-hybridized carbons (Fsp3) is 0.474. The molecular formula is C19H24FN3O4. The number of anilines is 1. The monoisotopic (exact) mass is 377 g/mol. The highest BCUT2D eigenvalue weighted by molar-refractivity contribution is 5.97. The Bertz CT molecular complexity index is 933. The molecule has 27 heavy (non-hydrogen) atoms. The average Bonchev–Trinajstić information content (AvgIpc) is 2.62. The second kappa shape index (κ2) is 7.56. The van der Waals surface area contributed by atoms with Gasteiger partial charge < -0.3 is 24.6 Å². The summed E-state index contributed by atoms with van der Waals surface area (Å²) < 4.78 is 22.7. The molecule has 0 unspecified atom stereocenters. The third-order valence-electron chi connectivity index (χ3n) is 4.60. The third-order valence-corrected chi connectivity index (χ3v) is 4.60. The van der Waals surface area contributed by atoms with Gasteiger partial charge in [0, 0.05) is 38.9 Å². The fourth-order valence-corrected chi connectivity index (χ4v) is 3.42. The summed E-state index contributed by atoms with van der Waals surface area (Å²) in [5.74, 6) is -1.62. The number of benzene rings is 1. The Balaban J connectivity index is 2.40. The molecule has 0 aliphatic carbocycles. The summed E-state index contributed by atoms with van der Waals surface area (Å²) in [6.07, 6.45) is 1.07. The molecule has 2 N–H and O–H groups in total. The molecule has 1 aliphatic heterocycles. The van der Waals surface area contributed by atoms with Crippen LogP contribution in [0.15, 0.2) is 17.1 Å². The van der Waals surface area contributed by atoms with Crippen LogP contribution in [0, 0.1) is 5.82 Å². The van der Waals surface area contributed by atoms with Crippen LogP contribution in [0.5, 0.6) is 5.75 Å². The smallest absolute Gasteiger partial charge is 0.341 e. The first-order valence-electron chi connectivity index (χ1n) is 9.10. The zero-order valence-electron chi connectivity index (χ0n) is 15.7. The molecule has 1 aromatic carbocycles. The summed E-state index contributed by atoms with van der Waals surface area (Å²) in [6, 6.07) is 1.14. The van der Waals surface area contributed by atoms with Crippen LogP contribution in [-0.2, 0) is 6.54 Å². The molecule has 0 atom stereocenters. The van der Waals surface area contributed by atoms with Gasteiger partial charge in [0.2, 0.25) is 5.43 Å².